The third kappa shape index (κ3) is 4.55. The first-order chi connectivity index (χ1) is 12.4. The van der Waals surface area contributed by atoms with Crippen molar-refractivity contribution < 1.29 is 17.9 Å². The van der Waals surface area contributed by atoms with Crippen molar-refractivity contribution in [3.8, 4) is 5.75 Å². The van der Waals surface area contributed by atoms with Gasteiger partial charge in [0, 0.05) is 23.8 Å². The lowest BCUT2D eigenvalue weighted by molar-refractivity contribution is -0.118. The highest BCUT2D eigenvalue weighted by atomic mass is 35.5. The maximum absolute atomic E-state index is 12.5. The highest BCUT2D eigenvalue weighted by Gasteiger charge is 2.26. The summed E-state index contributed by atoms with van der Waals surface area (Å²) in [5.74, 6) is 0.0904. The normalized spacial score (nSPS) is 15.0. The summed E-state index contributed by atoms with van der Waals surface area (Å²) in [5, 5.41) is 3.20. The van der Waals surface area contributed by atoms with E-state index >= 15 is 0 Å². The van der Waals surface area contributed by atoms with Crippen molar-refractivity contribution in [1.29, 1.82) is 0 Å². The topological polar surface area (TPSA) is 75.7 Å². The van der Waals surface area contributed by atoms with Crippen LogP contribution in [-0.2, 0) is 14.8 Å². The van der Waals surface area contributed by atoms with E-state index in [1.165, 1.54) is 16.4 Å². The van der Waals surface area contributed by atoms with Gasteiger partial charge in [-0.1, -0.05) is 17.7 Å². The van der Waals surface area contributed by atoms with Crippen molar-refractivity contribution in [3.63, 3.8) is 0 Å². The molecule has 2 aromatic carbocycles. The fourth-order valence-electron chi connectivity index (χ4n) is 2.70. The van der Waals surface area contributed by atoms with Gasteiger partial charge in [0.25, 0.3) is 5.91 Å². The average Bonchev–Trinajstić information content (AvgIpc) is 3.16. The van der Waals surface area contributed by atoms with Crippen LogP contribution in [0.5, 0.6) is 5.75 Å². The van der Waals surface area contributed by atoms with Crippen LogP contribution >= 0.6 is 11.6 Å². The number of carbonyl (C=O) groups excluding carboxylic acids is 1. The molecule has 8 heteroatoms. The van der Waals surface area contributed by atoms with Crippen LogP contribution in [0.15, 0.2) is 53.4 Å². The molecular formula is C18H19ClN2O4S. The minimum Gasteiger partial charge on any atom is -0.484 e. The van der Waals surface area contributed by atoms with Gasteiger partial charge in [-0.2, -0.15) is 4.31 Å². The zero-order valence-corrected chi connectivity index (χ0v) is 15.6. The number of hydrogen-bond acceptors (Lipinski definition) is 4. The molecule has 138 valence electrons. The predicted molar refractivity (Wildman–Crippen MR) is 100 cm³/mol. The number of nitrogens with zero attached hydrogens (tertiary/aromatic N) is 1. The van der Waals surface area contributed by atoms with Crippen LogP contribution in [0.4, 0.5) is 5.69 Å². The number of carbonyl (C=O) groups is 1. The first kappa shape index (κ1) is 18.7. The van der Waals surface area contributed by atoms with Crippen LogP contribution in [0, 0.1) is 0 Å². The molecule has 1 saturated heterocycles. The van der Waals surface area contributed by atoms with Gasteiger partial charge in [0.2, 0.25) is 10.0 Å². The van der Waals surface area contributed by atoms with E-state index in [1.54, 1.807) is 36.4 Å². The van der Waals surface area contributed by atoms with Gasteiger partial charge in [-0.3, -0.25) is 4.79 Å². The molecule has 1 amide bonds. The Labute approximate surface area is 157 Å². The number of rotatable bonds is 6. The summed E-state index contributed by atoms with van der Waals surface area (Å²) < 4.78 is 31.8. The minimum absolute atomic E-state index is 0.190. The van der Waals surface area contributed by atoms with Crippen LogP contribution in [-0.4, -0.2) is 38.3 Å². The lowest BCUT2D eigenvalue weighted by Crippen LogP contribution is -2.27. The Hall–Kier alpha value is -2.09. The standard InChI is InChI=1S/C18H19ClN2O4S/c19-14-4-3-5-15(12-14)20-18(22)13-25-16-6-8-17(9-7-16)26(23,24)21-10-1-2-11-21/h3-9,12H,1-2,10-11,13H2,(H,20,22). The molecular weight excluding hydrogens is 376 g/mol. The van der Waals surface area contributed by atoms with Gasteiger partial charge < -0.3 is 10.1 Å². The molecule has 1 aliphatic rings. The van der Waals surface area contributed by atoms with Crippen molar-refractivity contribution in [2.45, 2.75) is 17.7 Å². The monoisotopic (exact) mass is 394 g/mol. The molecule has 0 unspecified atom stereocenters. The summed E-state index contributed by atoms with van der Waals surface area (Å²) in [5.41, 5.74) is 0.582. The molecule has 26 heavy (non-hydrogen) atoms. The van der Waals surface area contributed by atoms with Crippen LogP contribution < -0.4 is 10.1 Å². The van der Waals surface area contributed by atoms with Gasteiger partial charge in [-0.25, -0.2) is 8.42 Å². The van der Waals surface area contributed by atoms with Crippen molar-refractivity contribution >= 4 is 33.2 Å². The first-order valence-corrected chi connectivity index (χ1v) is 10.1. The Morgan fingerprint density at radius 1 is 1.12 bits per heavy atom. The summed E-state index contributed by atoms with van der Waals surface area (Å²) in [6.45, 7) is 0.930. The maximum atomic E-state index is 12.5. The fraction of sp³-hybridized carbons (Fsp3) is 0.278. The van der Waals surface area contributed by atoms with E-state index in [0.29, 0.717) is 29.5 Å². The number of amides is 1. The lowest BCUT2D eigenvalue weighted by Gasteiger charge is -2.15. The number of benzene rings is 2. The number of anilines is 1. The molecule has 0 radical (unpaired) electrons. The zero-order chi connectivity index (χ0) is 18.6. The van der Waals surface area contributed by atoms with Gasteiger partial charge in [0.05, 0.1) is 4.90 Å². The Kier molecular flexibility index (Phi) is 5.80. The largest absolute Gasteiger partial charge is 0.484 e. The van der Waals surface area contributed by atoms with Gasteiger partial charge in [0.15, 0.2) is 6.61 Å². The zero-order valence-electron chi connectivity index (χ0n) is 14.0. The number of sulfonamides is 1. The fourth-order valence-corrected chi connectivity index (χ4v) is 4.40. The second-order valence-corrected chi connectivity index (χ2v) is 8.30. The van der Waals surface area contributed by atoms with Crippen LogP contribution in [0.2, 0.25) is 5.02 Å². The number of hydrogen-bond donors (Lipinski definition) is 1. The maximum Gasteiger partial charge on any atom is 0.262 e. The van der Waals surface area contributed by atoms with Crippen LogP contribution in [0.1, 0.15) is 12.8 Å². The predicted octanol–water partition coefficient (Wildman–Crippen LogP) is 3.14. The third-order valence-electron chi connectivity index (χ3n) is 4.00. The van der Waals surface area contributed by atoms with Crippen molar-refractivity contribution in [2.24, 2.45) is 0 Å². The molecule has 3 rings (SSSR count). The van der Waals surface area contributed by atoms with E-state index in [4.69, 9.17) is 16.3 Å². The highest BCUT2D eigenvalue weighted by Crippen LogP contribution is 2.23. The van der Waals surface area contributed by atoms with Crippen LogP contribution in [0.25, 0.3) is 0 Å². The smallest absolute Gasteiger partial charge is 0.262 e. The van der Waals surface area contributed by atoms with E-state index in [9.17, 15) is 13.2 Å². The molecule has 0 aromatic heterocycles. The van der Waals surface area contributed by atoms with Crippen molar-refractivity contribution in [1.82, 2.24) is 4.31 Å². The number of nitrogens with one attached hydrogen (secondary N) is 1. The quantitative estimate of drug-likeness (QED) is 0.816. The summed E-state index contributed by atoms with van der Waals surface area (Å²) >= 11 is 5.86. The number of ether oxygens (including phenoxy) is 1. The molecule has 1 fully saturated rings. The first-order valence-electron chi connectivity index (χ1n) is 8.23. The molecule has 0 saturated carbocycles. The van der Waals surface area contributed by atoms with Gasteiger partial charge in [-0.15, -0.1) is 0 Å². The highest BCUT2D eigenvalue weighted by molar-refractivity contribution is 7.89. The molecule has 6 nitrogen and oxygen atoms in total. The Balaban J connectivity index is 1.56. The summed E-state index contributed by atoms with van der Waals surface area (Å²) in [6.07, 6.45) is 1.78. The summed E-state index contributed by atoms with van der Waals surface area (Å²) in [7, 11) is -3.45. The second-order valence-electron chi connectivity index (χ2n) is 5.93. The Morgan fingerprint density at radius 3 is 2.46 bits per heavy atom. The van der Waals surface area contributed by atoms with Gasteiger partial charge in [-0.05, 0) is 55.3 Å². The average molecular weight is 395 g/mol. The van der Waals surface area contributed by atoms with E-state index in [-0.39, 0.29) is 17.4 Å². The second kappa shape index (κ2) is 8.07. The molecule has 0 bridgehead atoms. The van der Waals surface area contributed by atoms with E-state index in [0.717, 1.165) is 12.8 Å². The van der Waals surface area contributed by atoms with Gasteiger partial charge in [0.1, 0.15) is 5.75 Å². The molecule has 1 aliphatic heterocycles. The molecule has 0 atom stereocenters. The molecule has 2 aromatic rings. The minimum atomic E-state index is -3.45. The number of halogens is 1. The molecule has 1 heterocycles. The molecule has 0 aliphatic carbocycles. The summed E-state index contributed by atoms with van der Waals surface area (Å²) in [4.78, 5) is 12.1. The third-order valence-corrected chi connectivity index (χ3v) is 6.15. The molecule has 0 spiro atoms. The Bertz CT molecular complexity index is 878. The summed E-state index contributed by atoms with van der Waals surface area (Å²) in [6, 6.07) is 12.9. The van der Waals surface area contributed by atoms with Crippen molar-refractivity contribution in [2.75, 3.05) is 25.0 Å². The molecule has 1 N–H and O–H groups in total. The van der Waals surface area contributed by atoms with Gasteiger partial charge >= 0.3 is 0 Å². The van der Waals surface area contributed by atoms with E-state index in [1.807, 2.05) is 0 Å². The van der Waals surface area contributed by atoms with Crippen molar-refractivity contribution in [3.05, 3.63) is 53.6 Å². The van der Waals surface area contributed by atoms with E-state index in [2.05, 4.69) is 5.32 Å². The Morgan fingerprint density at radius 2 is 1.81 bits per heavy atom. The van der Waals surface area contributed by atoms with Crippen LogP contribution in [0.3, 0.4) is 0 Å². The van der Waals surface area contributed by atoms with E-state index < -0.39 is 10.0 Å². The lowest BCUT2D eigenvalue weighted by atomic mass is 10.3. The SMILES string of the molecule is O=C(COc1ccc(S(=O)(=O)N2CCCC2)cc1)Nc1cccc(Cl)c1.